The number of benzene rings is 2. The van der Waals surface area contributed by atoms with Gasteiger partial charge in [-0.05, 0) is 61.4 Å². The van der Waals surface area contributed by atoms with Gasteiger partial charge in [-0.3, -0.25) is 4.79 Å². The van der Waals surface area contributed by atoms with Crippen molar-refractivity contribution in [3.63, 3.8) is 0 Å². The van der Waals surface area contributed by atoms with Crippen LogP contribution in [0.2, 0.25) is 0 Å². The molecule has 30 heavy (non-hydrogen) atoms. The van der Waals surface area contributed by atoms with E-state index in [4.69, 9.17) is 0 Å². The van der Waals surface area contributed by atoms with Crippen LogP contribution in [0.4, 0.5) is 13.2 Å². The molecule has 2 fully saturated rings. The summed E-state index contributed by atoms with van der Waals surface area (Å²) in [5.74, 6) is -1.26. The maximum Gasteiger partial charge on any atom is 0.272 e. The summed E-state index contributed by atoms with van der Waals surface area (Å²) in [6, 6.07) is 9.53. The second kappa shape index (κ2) is 5.97. The number of nitrogens with zero attached hydrogens (tertiary/aromatic N) is 2. The van der Waals surface area contributed by atoms with E-state index >= 15 is 0 Å². The van der Waals surface area contributed by atoms with Gasteiger partial charge in [0, 0.05) is 17.5 Å². The molecule has 3 aromatic rings. The lowest BCUT2D eigenvalue weighted by molar-refractivity contribution is 0.0924. The second-order valence-corrected chi connectivity index (χ2v) is 8.57. The van der Waals surface area contributed by atoms with Crippen molar-refractivity contribution in [2.24, 2.45) is 5.92 Å². The van der Waals surface area contributed by atoms with Crippen molar-refractivity contribution >= 4 is 5.91 Å². The molecule has 152 valence electrons. The fourth-order valence-corrected chi connectivity index (χ4v) is 4.79. The van der Waals surface area contributed by atoms with E-state index in [1.807, 2.05) is 0 Å². The third-order valence-electron chi connectivity index (χ3n) is 6.62. The molecule has 0 saturated heterocycles. The van der Waals surface area contributed by atoms with Crippen molar-refractivity contribution in [2.75, 3.05) is 0 Å². The van der Waals surface area contributed by atoms with Gasteiger partial charge in [-0.15, -0.1) is 0 Å². The molecule has 2 saturated carbocycles. The van der Waals surface area contributed by atoms with E-state index in [1.54, 1.807) is 12.1 Å². The van der Waals surface area contributed by atoms with Crippen molar-refractivity contribution in [1.82, 2.24) is 15.1 Å². The molecule has 0 radical (unpaired) electrons. The Morgan fingerprint density at radius 1 is 1.07 bits per heavy atom. The van der Waals surface area contributed by atoms with Crippen molar-refractivity contribution < 1.29 is 18.0 Å². The number of aromatic nitrogens is 2. The summed E-state index contributed by atoms with van der Waals surface area (Å²) in [6.45, 7) is 0. The number of amides is 1. The highest BCUT2D eigenvalue weighted by Crippen LogP contribution is 2.57. The van der Waals surface area contributed by atoms with Crippen LogP contribution in [-0.2, 0) is 12.0 Å². The van der Waals surface area contributed by atoms with E-state index in [0.29, 0.717) is 11.6 Å². The normalized spacial score (nSPS) is 22.4. The Hall–Kier alpha value is -3.09. The zero-order chi connectivity index (χ0) is 20.6. The predicted molar refractivity (Wildman–Crippen MR) is 103 cm³/mol. The molecule has 0 bridgehead atoms. The summed E-state index contributed by atoms with van der Waals surface area (Å²) in [7, 11) is 0. The molecule has 3 aliphatic carbocycles. The molecule has 1 aromatic heterocycles. The third-order valence-corrected chi connectivity index (χ3v) is 6.62. The Balaban J connectivity index is 1.37. The Kier molecular flexibility index (Phi) is 3.53. The molecule has 6 rings (SSSR count). The maximum absolute atomic E-state index is 14.5. The number of carbonyl (C=O) groups is 1. The summed E-state index contributed by atoms with van der Waals surface area (Å²) in [6.07, 6.45) is 3.29. The predicted octanol–water partition coefficient (Wildman–Crippen LogP) is 4.37. The molecule has 2 atom stereocenters. The molecule has 3 aliphatic rings. The average Bonchev–Trinajstić information content (AvgIpc) is 3.59. The molecular formula is C23H18F3N3O. The van der Waals surface area contributed by atoms with E-state index in [-0.39, 0.29) is 23.3 Å². The molecule has 4 nitrogen and oxygen atoms in total. The van der Waals surface area contributed by atoms with Crippen molar-refractivity contribution in [2.45, 2.75) is 37.1 Å². The first-order chi connectivity index (χ1) is 14.4. The summed E-state index contributed by atoms with van der Waals surface area (Å²) >= 11 is 0. The van der Waals surface area contributed by atoms with E-state index in [1.165, 1.54) is 28.9 Å². The second-order valence-electron chi connectivity index (χ2n) is 8.57. The lowest BCUT2D eigenvalue weighted by Crippen LogP contribution is -2.35. The minimum Gasteiger partial charge on any atom is -0.341 e. The van der Waals surface area contributed by atoms with Gasteiger partial charge in [0.1, 0.15) is 17.3 Å². The summed E-state index contributed by atoms with van der Waals surface area (Å²) in [4.78, 5) is 13.2. The standard InChI is InChI=1S/C23H18F3N3O/c24-14-3-1-13(2-4-14)23(7-8-23)27-22(30)20-17-10-12-9-16(12)21(17)29(28-20)19-6-5-15(25)11-18(19)26/h1-6,11-12,16H,7-10H2,(H,27,30)/t12-,16-/m0/s1. The maximum atomic E-state index is 14.5. The van der Waals surface area contributed by atoms with Crippen LogP contribution in [0.15, 0.2) is 42.5 Å². The molecule has 2 aromatic carbocycles. The van der Waals surface area contributed by atoms with Crippen LogP contribution >= 0.6 is 0 Å². The molecule has 7 heteroatoms. The van der Waals surface area contributed by atoms with Crippen molar-refractivity contribution in [3.8, 4) is 5.69 Å². The van der Waals surface area contributed by atoms with E-state index in [2.05, 4.69) is 10.4 Å². The first-order valence-electron chi connectivity index (χ1n) is 10.1. The van der Waals surface area contributed by atoms with Crippen LogP contribution in [0.1, 0.15) is 52.5 Å². The Bertz CT molecular complexity index is 1200. The third kappa shape index (κ3) is 2.61. The van der Waals surface area contributed by atoms with Gasteiger partial charge in [-0.1, -0.05) is 12.1 Å². The van der Waals surface area contributed by atoms with Crippen LogP contribution in [0.5, 0.6) is 0 Å². The zero-order valence-corrected chi connectivity index (χ0v) is 16.0. The fourth-order valence-electron chi connectivity index (χ4n) is 4.79. The van der Waals surface area contributed by atoms with Crippen LogP contribution in [-0.4, -0.2) is 15.7 Å². The molecular weight excluding hydrogens is 391 g/mol. The molecule has 1 N–H and O–H groups in total. The van der Waals surface area contributed by atoms with Crippen LogP contribution in [0.25, 0.3) is 5.69 Å². The number of hydrogen-bond acceptors (Lipinski definition) is 2. The molecule has 0 spiro atoms. The topological polar surface area (TPSA) is 46.9 Å². The number of rotatable bonds is 4. The highest BCUT2D eigenvalue weighted by molar-refractivity contribution is 5.95. The van der Waals surface area contributed by atoms with Crippen LogP contribution < -0.4 is 5.32 Å². The lowest BCUT2D eigenvalue weighted by Gasteiger charge is -2.17. The lowest BCUT2D eigenvalue weighted by atomic mass is 10.0. The highest BCUT2D eigenvalue weighted by Gasteiger charge is 2.51. The van der Waals surface area contributed by atoms with E-state index in [9.17, 15) is 18.0 Å². The Morgan fingerprint density at radius 3 is 2.50 bits per heavy atom. The number of carbonyl (C=O) groups excluding carboxylic acids is 1. The monoisotopic (exact) mass is 409 g/mol. The summed E-state index contributed by atoms with van der Waals surface area (Å²) in [5, 5.41) is 7.55. The number of halogens is 3. The number of hydrogen-bond donors (Lipinski definition) is 1. The SMILES string of the molecule is O=C(NC1(c2ccc(F)cc2)CC1)c1nn(-c2ccc(F)cc2F)c2c1C[C@@H]1C[C@H]21. The van der Waals surface area contributed by atoms with Gasteiger partial charge < -0.3 is 5.32 Å². The van der Waals surface area contributed by atoms with Gasteiger partial charge in [0.2, 0.25) is 0 Å². The smallest absolute Gasteiger partial charge is 0.272 e. The van der Waals surface area contributed by atoms with Gasteiger partial charge in [-0.25, -0.2) is 17.9 Å². The van der Waals surface area contributed by atoms with Gasteiger partial charge in [0.05, 0.1) is 11.2 Å². The molecule has 1 heterocycles. The van der Waals surface area contributed by atoms with E-state index in [0.717, 1.165) is 48.6 Å². The van der Waals surface area contributed by atoms with Gasteiger partial charge in [0.25, 0.3) is 5.91 Å². The average molecular weight is 409 g/mol. The molecule has 1 amide bonds. The zero-order valence-electron chi connectivity index (χ0n) is 16.0. The van der Waals surface area contributed by atoms with Crippen LogP contribution in [0.3, 0.4) is 0 Å². The molecule has 0 aliphatic heterocycles. The van der Waals surface area contributed by atoms with Gasteiger partial charge >= 0.3 is 0 Å². The van der Waals surface area contributed by atoms with Gasteiger partial charge in [0.15, 0.2) is 11.5 Å². The Morgan fingerprint density at radius 2 is 1.80 bits per heavy atom. The van der Waals surface area contributed by atoms with Crippen LogP contribution in [0, 0.1) is 23.4 Å². The molecule has 0 unspecified atom stereocenters. The Labute approximate surface area is 170 Å². The first-order valence-corrected chi connectivity index (χ1v) is 10.1. The summed E-state index contributed by atoms with van der Waals surface area (Å²) < 4.78 is 42.6. The fraction of sp³-hybridized carbons (Fsp3) is 0.304. The quantitative estimate of drug-likeness (QED) is 0.696. The minimum atomic E-state index is -0.707. The van der Waals surface area contributed by atoms with Crippen molar-refractivity contribution in [3.05, 3.63) is 82.4 Å². The summed E-state index contributed by atoms with van der Waals surface area (Å²) in [5.41, 5.74) is 2.52. The van der Waals surface area contributed by atoms with Crippen molar-refractivity contribution in [1.29, 1.82) is 0 Å². The number of fused-ring (bicyclic) bond motifs is 3. The van der Waals surface area contributed by atoms with E-state index < -0.39 is 17.2 Å². The first kappa shape index (κ1) is 17.7. The largest absolute Gasteiger partial charge is 0.341 e. The minimum absolute atomic E-state index is 0.152. The van der Waals surface area contributed by atoms with Gasteiger partial charge in [-0.2, -0.15) is 5.10 Å². The highest BCUT2D eigenvalue weighted by atomic mass is 19.1. The number of nitrogens with one attached hydrogen (secondary N) is 1.